The van der Waals surface area contributed by atoms with Gasteiger partial charge in [0, 0.05) is 18.2 Å². The topological polar surface area (TPSA) is 87.3 Å². The summed E-state index contributed by atoms with van der Waals surface area (Å²) in [5, 5.41) is 6.33. The number of hydrogen-bond acceptors (Lipinski definition) is 4. The Labute approximate surface area is 143 Å². The monoisotopic (exact) mass is 351 g/mol. The molecule has 0 aromatic heterocycles. The van der Waals surface area contributed by atoms with Crippen LogP contribution in [0.3, 0.4) is 0 Å². The van der Waals surface area contributed by atoms with Crippen LogP contribution < -0.4 is 15.4 Å². The third-order valence-electron chi connectivity index (χ3n) is 4.77. The van der Waals surface area contributed by atoms with Crippen molar-refractivity contribution in [1.82, 2.24) is 15.4 Å². The summed E-state index contributed by atoms with van der Waals surface area (Å²) in [6.07, 6.45) is 3.05. The highest BCUT2D eigenvalue weighted by Gasteiger charge is 2.26. The lowest BCUT2D eigenvalue weighted by molar-refractivity contribution is 0.0914. The second-order valence-corrected chi connectivity index (χ2v) is 8.64. The highest BCUT2D eigenvalue weighted by molar-refractivity contribution is 7.89. The van der Waals surface area contributed by atoms with Crippen molar-refractivity contribution in [2.24, 2.45) is 11.8 Å². The normalized spacial score (nSPS) is 24.5. The van der Waals surface area contributed by atoms with Gasteiger partial charge in [-0.2, -0.15) is 0 Å². The zero-order valence-electron chi connectivity index (χ0n) is 13.9. The maximum Gasteiger partial charge on any atom is 0.251 e. The predicted molar refractivity (Wildman–Crippen MR) is 92.3 cm³/mol. The van der Waals surface area contributed by atoms with Crippen LogP contribution in [-0.2, 0) is 10.0 Å². The van der Waals surface area contributed by atoms with Crippen LogP contribution in [0.1, 0.15) is 36.5 Å². The summed E-state index contributed by atoms with van der Waals surface area (Å²) in [5.41, 5.74) is 0.384. The minimum Gasteiger partial charge on any atom is -0.349 e. The number of sulfonamides is 1. The van der Waals surface area contributed by atoms with E-state index in [1.165, 1.54) is 12.1 Å². The van der Waals surface area contributed by atoms with Crippen LogP contribution >= 0.6 is 0 Å². The summed E-state index contributed by atoms with van der Waals surface area (Å²) in [6, 6.07) is 6.37. The lowest BCUT2D eigenvalue weighted by atomic mass is 9.95. The second kappa shape index (κ2) is 7.21. The van der Waals surface area contributed by atoms with Crippen LogP contribution in [0, 0.1) is 11.8 Å². The average molecular weight is 351 g/mol. The molecule has 0 spiro atoms. The zero-order chi connectivity index (χ0) is 17.2. The summed E-state index contributed by atoms with van der Waals surface area (Å²) in [6.45, 7) is 4.34. The first-order valence-electron chi connectivity index (χ1n) is 8.57. The van der Waals surface area contributed by atoms with Gasteiger partial charge in [-0.05, 0) is 62.4 Å². The molecule has 0 radical (unpaired) electrons. The van der Waals surface area contributed by atoms with Gasteiger partial charge >= 0.3 is 0 Å². The van der Waals surface area contributed by atoms with Gasteiger partial charge in [-0.3, -0.25) is 4.79 Å². The van der Waals surface area contributed by atoms with Crippen molar-refractivity contribution in [3.05, 3.63) is 29.8 Å². The van der Waals surface area contributed by atoms with Crippen LogP contribution in [-0.4, -0.2) is 40.0 Å². The number of carbonyl (C=O) groups excluding carboxylic acids is 1. The molecule has 2 unspecified atom stereocenters. The molecular formula is C17H25N3O3S. The second-order valence-electron chi connectivity index (χ2n) is 6.87. The Morgan fingerprint density at radius 2 is 2.08 bits per heavy atom. The van der Waals surface area contributed by atoms with Crippen molar-refractivity contribution in [1.29, 1.82) is 0 Å². The van der Waals surface area contributed by atoms with E-state index < -0.39 is 10.0 Å². The molecule has 1 aromatic carbocycles. The molecule has 1 aliphatic carbocycles. The fourth-order valence-corrected chi connectivity index (χ4v) is 4.08. The molecule has 3 rings (SSSR count). The van der Waals surface area contributed by atoms with Crippen LogP contribution in [0.15, 0.2) is 29.2 Å². The lowest BCUT2D eigenvalue weighted by Gasteiger charge is -2.30. The molecule has 1 saturated heterocycles. The van der Waals surface area contributed by atoms with E-state index in [1.54, 1.807) is 12.1 Å². The van der Waals surface area contributed by atoms with Gasteiger partial charge in [0.1, 0.15) is 0 Å². The molecule has 2 atom stereocenters. The van der Waals surface area contributed by atoms with Crippen LogP contribution in [0.2, 0.25) is 0 Å². The Morgan fingerprint density at radius 1 is 1.29 bits per heavy atom. The number of carbonyl (C=O) groups is 1. The van der Waals surface area contributed by atoms with E-state index in [9.17, 15) is 13.2 Å². The third-order valence-corrected chi connectivity index (χ3v) is 6.19. The third kappa shape index (κ3) is 4.34. The Hall–Kier alpha value is -1.44. The molecule has 132 valence electrons. The molecule has 6 nitrogen and oxygen atoms in total. The summed E-state index contributed by atoms with van der Waals surface area (Å²) >= 11 is 0. The molecule has 24 heavy (non-hydrogen) atoms. The average Bonchev–Trinajstić information content (AvgIpc) is 3.40. The van der Waals surface area contributed by atoms with Crippen molar-refractivity contribution in [3.8, 4) is 0 Å². The number of hydrogen-bond donors (Lipinski definition) is 3. The molecule has 1 aromatic rings. The molecule has 1 heterocycles. The van der Waals surface area contributed by atoms with Crippen molar-refractivity contribution >= 4 is 15.9 Å². The lowest BCUT2D eigenvalue weighted by Crippen LogP contribution is -2.48. The number of amides is 1. The van der Waals surface area contributed by atoms with Gasteiger partial charge in [0.25, 0.3) is 5.91 Å². The summed E-state index contributed by atoms with van der Waals surface area (Å²) in [4.78, 5) is 12.6. The Bertz CT molecular complexity index is 701. The summed E-state index contributed by atoms with van der Waals surface area (Å²) in [5.74, 6) is 0.607. The molecule has 1 saturated carbocycles. The Morgan fingerprint density at radius 3 is 2.79 bits per heavy atom. The van der Waals surface area contributed by atoms with Crippen molar-refractivity contribution in [2.75, 3.05) is 19.6 Å². The van der Waals surface area contributed by atoms with Crippen LogP contribution in [0.25, 0.3) is 0 Å². The minimum absolute atomic E-state index is 0.118. The van der Waals surface area contributed by atoms with Crippen LogP contribution in [0.4, 0.5) is 0 Å². The van der Waals surface area contributed by atoms with Gasteiger partial charge in [0.05, 0.1) is 4.90 Å². The first-order chi connectivity index (χ1) is 11.5. The summed E-state index contributed by atoms with van der Waals surface area (Å²) < 4.78 is 27.3. The van der Waals surface area contributed by atoms with E-state index >= 15 is 0 Å². The van der Waals surface area contributed by atoms with E-state index in [1.807, 2.05) is 0 Å². The Balaban J connectivity index is 1.68. The first-order valence-corrected chi connectivity index (χ1v) is 10.1. The summed E-state index contributed by atoms with van der Waals surface area (Å²) in [7, 11) is -3.56. The van der Waals surface area contributed by atoms with E-state index in [0.717, 1.165) is 32.4 Å². The highest BCUT2D eigenvalue weighted by Crippen LogP contribution is 2.28. The fourth-order valence-electron chi connectivity index (χ4n) is 2.92. The zero-order valence-corrected chi connectivity index (χ0v) is 14.7. The number of nitrogens with one attached hydrogen (secondary N) is 3. The molecule has 2 fully saturated rings. The molecule has 0 bridgehead atoms. The molecule has 3 N–H and O–H groups in total. The first kappa shape index (κ1) is 17.4. The van der Waals surface area contributed by atoms with Crippen LogP contribution in [0.5, 0.6) is 0 Å². The van der Waals surface area contributed by atoms with E-state index in [-0.39, 0.29) is 16.8 Å². The van der Waals surface area contributed by atoms with Gasteiger partial charge in [-0.1, -0.05) is 13.0 Å². The molecule has 2 aliphatic rings. The molecule has 1 aliphatic heterocycles. The maximum absolute atomic E-state index is 12.5. The standard InChI is InChI=1S/C17H25N3O3S/c1-12-10-18-8-7-16(12)20-17(21)14-3-2-4-15(9-14)24(22,23)19-11-13-5-6-13/h2-4,9,12-13,16,18-19H,5-8,10-11H2,1H3,(H,20,21). The quantitative estimate of drug-likeness (QED) is 0.716. The van der Waals surface area contributed by atoms with Crippen molar-refractivity contribution in [3.63, 3.8) is 0 Å². The number of piperidine rings is 1. The fraction of sp³-hybridized carbons (Fsp3) is 0.588. The predicted octanol–water partition coefficient (Wildman–Crippen LogP) is 1.10. The van der Waals surface area contributed by atoms with Gasteiger partial charge < -0.3 is 10.6 Å². The van der Waals surface area contributed by atoms with Crippen molar-refractivity contribution in [2.45, 2.75) is 37.1 Å². The minimum atomic E-state index is -3.56. The molecule has 7 heteroatoms. The largest absolute Gasteiger partial charge is 0.349 e. The SMILES string of the molecule is CC1CNCCC1NC(=O)c1cccc(S(=O)(=O)NCC2CC2)c1. The smallest absolute Gasteiger partial charge is 0.251 e. The Kier molecular flexibility index (Phi) is 5.22. The molecular weight excluding hydrogens is 326 g/mol. The number of rotatable bonds is 6. The number of benzene rings is 1. The van der Waals surface area contributed by atoms with E-state index in [4.69, 9.17) is 0 Å². The molecule has 1 amide bonds. The van der Waals surface area contributed by atoms with E-state index in [2.05, 4.69) is 22.3 Å². The van der Waals surface area contributed by atoms with Gasteiger partial charge in [-0.25, -0.2) is 13.1 Å². The van der Waals surface area contributed by atoms with Gasteiger partial charge in [0.15, 0.2) is 0 Å². The highest BCUT2D eigenvalue weighted by atomic mass is 32.2. The van der Waals surface area contributed by atoms with Crippen molar-refractivity contribution < 1.29 is 13.2 Å². The van der Waals surface area contributed by atoms with E-state index in [0.29, 0.717) is 23.9 Å². The maximum atomic E-state index is 12.5. The van der Waals surface area contributed by atoms with Gasteiger partial charge in [-0.15, -0.1) is 0 Å². The van der Waals surface area contributed by atoms with Gasteiger partial charge in [0.2, 0.25) is 10.0 Å².